The van der Waals surface area contributed by atoms with Crippen molar-refractivity contribution in [2.45, 2.75) is 56.3 Å². The number of aliphatic hydroxyl groups excluding tert-OH is 1. The summed E-state index contributed by atoms with van der Waals surface area (Å²) in [5.74, 6) is -1.71. The molecule has 1 saturated heterocycles. The Bertz CT molecular complexity index is 1130. The average Bonchev–Trinajstić information content (AvgIpc) is 3.22. The molecule has 7 heteroatoms. The minimum absolute atomic E-state index is 0.0960. The van der Waals surface area contributed by atoms with Gasteiger partial charge in [0.2, 0.25) is 5.91 Å². The van der Waals surface area contributed by atoms with Crippen molar-refractivity contribution in [2.24, 2.45) is 28.6 Å². The molecular weight excluding hydrogens is 498 g/mol. The maximum absolute atomic E-state index is 14.0. The second kappa shape index (κ2) is 7.05. The first-order valence-corrected chi connectivity index (χ1v) is 12.9. The fourth-order valence-electron chi connectivity index (χ4n) is 8.25. The number of rotatable bonds is 4. The van der Waals surface area contributed by atoms with Crippen molar-refractivity contribution in [1.29, 1.82) is 0 Å². The number of aliphatic hydroxyl groups is 2. The number of carbonyl (C=O) groups excluding carboxylic acids is 2. The van der Waals surface area contributed by atoms with E-state index in [9.17, 15) is 19.8 Å². The molecule has 0 aromatic heterocycles. The molecule has 3 N–H and O–H groups in total. The minimum Gasteiger partial charge on any atom is -0.454 e. The van der Waals surface area contributed by atoms with E-state index in [0.29, 0.717) is 38.6 Å². The van der Waals surface area contributed by atoms with Crippen LogP contribution in [0.1, 0.15) is 38.2 Å². The van der Waals surface area contributed by atoms with Crippen LogP contribution in [0.25, 0.3) is 0 Å². The van der Waals surface area contributed by atoms with Crippen LogP contribution in [-0.4, -0.2) is 45.9 Å². The average molecular weight is 528 g/mol. The number of benzene rings is 1. The molecule has 4 fully saturated rings. The molecule has 0 unspecified atom stereocenters. The van der Waals surface area contributed by atoms with Gasteiger partial charge in [0.15, 0.2) is 0 Å². The van der Waals surface area contributed by atoms with E-state index in [4.69, 9.17) is 4.74 Å². The molecule has 1 heterocycles. The normalized spacial score (nSPS) is 45.6. The molecule has 1 spiro atoms. The lowest BCUT2D eigenvalue weighted by atomic mass is 9.60. The van der Waals surface area contributed by atoms with Crippen molar-refractivity contribution in [3.05, 3.63) is 58.6 Å². The zero-order valence-electron chi connectivity index (χ0n) is 19.2. The van der Waals surface area contributed by atoms with Gasteiger partial charge in [-0.2, -0.15) is 0 Å². The Labute approximate surface area is 207 Å². The first-order valence-electron chi connectivity index (χ1n) is 12.1. The molecule has 1 amide bonds. The molecule has 4 bridgehead atoms. The fourth-order valence-corrected chi connectivity index (χ4v) is 8.51. The molecule has 1 aromatic rings. The second-order valence-corrected chi connectivity index (χ2v) is 12.2. The minimum atomic E-state index is -1.20. The van der Waals surface area contributed by atoms with Crippen molar-refractivity contribution < 1.29 is 24.5 Å². The number of amides is 1. The van der Waals surface area contributed by atoms with Gasteiger partial charge in [0.05, 0.1) is 17.6 Å². The van der Waals surface area contributed by atoms with Crippen LogP contribution in [0, 0.1) is 28.6 Å². The van der Waals surface area contributed by atoms with E-state index >= 15 is 0 Å². The molecule has 34 heavy (non-hydrogen) atoms. The number of hydrogen-bond donors (Lipinski definition) is 3. The Morgan fingerprint density at radius 1 is 1.32 bits per heavy atom. The van der Waals surface area contributed by atoms with E-state index in [1.54, 1.807) is 13.0 Å². The van der Waals surface area contributed by atoms with Crippen LogP contribution in [0.5, 0.6) is 0 Å². The van der Waals surface area contributed by atoms with Gasteiger partial charge in [0.25, 0.3) is 0 Å². The van der Waals surface area contributed by atoms with Gasteiger partial charge in [-0.3, -0.25) is 9.59 Å². The Hall–Kier alpha value is -1.96. The van der Waals surface area contributed by atoms with E-state index in [0.717, 1.165) is 15.6 Å². The topological polar surface area (TPSA) is 95.9 Å². The second-order valence-electron chi connectivity index (χ2n) is 11.3. The Morgan fingerprint density at radius 3 is 2.79 bits per heavy atom. The maximum atomic E-state index is 14.0. The molecule has 5 aliphatic rings. The quantitative estimate of drug-likeness (QED) is 0.413. The Kier molecular flexibility index (Phi) is 4.66. The highest BCUT2D eigenvalue weighted by atomic mass is 79.9. The molecule has 180 valence electrons. The predicted molar refractivity (Wildman–Crippen MR) is 128 cm³/mol. The van der Waals surface area contributed by atoms with Gasteiger partial charge in [0.1, 0.15) is 11.0 Å². The summed E-state index contributed by atoms with van der Waals surface area (Å²) < 4.78 is 7.14. The zero-order chi connectivity index (χ0) is 24.1. The van der Waals surface area contributed by atoms with Gasteiger partial charge >= 0.3 is 5.97 Å². The summed E-state index contributed by atoms with van der Waals surface area (Å²) in [7, 11) is 0. The summed E-state index contributed by atoms with van der Waals surface area (Å²) in [6, 6.07) is 8.00. The van der Waals surface area contributed by atoms with E-state index in [2.05, 4.69) is 27.8 Å². The van der Waals surface area contributed by atoms with Crippen molar-refractivity contribution in [3.63, 3.8) is 0 Å². The number of fused-ring (bicyclic) bond motifs is 1. The number of nitrogens with one attached hydrogen (secondary N) is 1. The molecule has 1 aromatic carbocycles. The van der Waals surface area contributed by atoms with Crippen molar-refractivity contribution >= 4 is 27.8 Å². The largest absolute Gasteiger partial charge is 0.454 e. The number of halogens is 1. The van der Waals surface area contributed by atoms with Crippen LogP contribution in [-0.2, 0) is 20.7 Å². The van der Waals surface area contributed by atoms with E-state index in [1.165, 1.54) is 0 Å². The van der Waals surface area contributed by atoms with Crippen molar-refractivity contribution in [2.75, 3.05) is 6.54 Å². The van der Waals surface area contributed by atoms with Crippen molar-refractivity contribution in [3.8, 4) is 0 Å². The summed E-state index contributed by atoms with van der Waals surface area (Å²) in [5.41, 5.74) is -1.77. The monoisotopic (exact) mass is 527 g/mol. The van der Waals surface area contributed by atoms with Gasteiger partial charge in [-0.1, -0.05) is 40.7 Å². The highest BCUT2D eigenvalue weighted by Crippen LogP contribution is 2.77. The highest BCUT2D eigenvalue weighted by Gasteiger charge is 2.83. The lowest BCUT2D eigenvalue weighted by Crippen LogP contribution is -2.52. The first-order chi connectivity index (χ1) is 16.1. The fraction of sp³-hybridized carbons (Fsp3) is 0.556. The molecule has 6 rings (SSSR count). The third-order valence-corrected chi connectivity index (χ3v) is 10.3. The summed E-state index contributed by atoms with van der Waals surface area (Å²) in [4.78, 5) is 27.1. The molecule has 4 aliphatic carbocycles. The summed E-state index contributed by atoms with van der Waals surface area (Å²) in [5, 5.41) is 25.4. The van der Waals surface area contributed by atoms with Gasteiger partial charge in [0, 0.05) is 22.9 Å². The first kappa shape index (κ1) is 22.5. The third kappa shape index (κ3) is 2.64. The highest BCUT2D eigenvalue weighted by molar-refractivity contribution is 9.10. The van der Waals surface area contributed by atoms with Crippen molar-refractivity contribution in [1.82, 2.24) is 5.32 Å². The Morgan fingerprint density at radius 2 is 2.06 bits per heavy atom. The molecule has 6 nitrogen and oxygen atoms in total. The van der Waals surface area contributed by atoms with E-state index in [-0.39, 0.29) is 11.8 Å². The summed E-state index contributed by atoms with van der Waals surface area (Å²) >= 11 is 3.44. The molecular formula is C27H30BrNO5. The van der Waals surface area contributed by atoms with Gasteiger partial charge < -0.3 is 20.3 Å². The van der Waals surface area contributed by atoms with Crippen LogP contribution in [0.2, 0.25) is 0 Å². The molecule has 8 atom stereocenters. The van der Waals surface area contributed by atoms with Crippen LogP contribution < -0.4 is 5.32 Å². The van der Waals surface area contributed by atoms with E-state index in [1.807, 2.05) is 30.3 Å². The smallest absolute Gasteiger partial charge is 0.316 e. The molecule has 3 saturated carbocycles. The third-order valence-electron chi connectivity index (χ3n) is 9.76. The molecule has 1 aliphatic heterocycles. The standard InChI is InChI=1S/C27H30BrNO5/c1-15-13-25-14-26(15,33)10-7-18(25)27-11-8-19(30)24(2,23(32)34-27)21(27)20(25)22(31)29-12-9-16-3-5-17(28)6-4-16/h3-6,8,11,18-21,30,33H,1,7,9-10,12-14H2,2H3,(H,29,31)/t18-,19+,20-,21-,24+,25+,26+,27-/m1/s1. The number of esters is 1. The van der Waals surface area contributed by atoms with Crippen LogP contribution >= 0.6 is 15.9 Å². The maximum Gasteiger partial charge on any atom is 0.316 e. The zero-order valence-corrected chi connectivity index (χ0v) is 20.8. The van der Waals surface area contributed by atoms with Gasteiger partial charge in [-0.05, 0) is 73.8 Å². The van der Waals surface area contributed by atoms with E-state index < -0.39 is 45.9 Å². The Balaban J connectivity index is 1.37. The SMILES string of the molecule is C=C1C[C@]23C[C@@]1(O)CC[C@H]2[C@@]12C=C[C@H](O)[C@](C)(C(=O)O1)[C@H]2[C@@H]3C(=O)NCCc1ccc(Br)cc1. The lowest BCUT2D eigenvalue weighted by molar-refractivity contribution is -0.160. The van der Waals surface area contributed by atoms with Crippen LogP contribution in [0.15, 0.2) is 53.0 Å². The van der Waals surface area contributed by atoms with Crippen LogP contribution in [0.3, 0.4) is 0 Å². The summed E-state index contributed by atoms with van der Waals surface area (Å²) in [6.45, 7) is 6.39. The number of ether oxygens (including phenoxy) is 1. The number of carbonyl (C=O) groups is 2. The summed E-state index contributed by atoms with van der Waals surface area (Å²) in [6.07, 6.45) is 5.38. The van der Waals surface area contributed by atoms with Gasteiger partial charge in [-0.15, -0.1) is 0 Å². The van der Waals surface area contributed by atoms with Crippen LogP contribution in [0.4, 0.5) is 0 Å². The lowest BCUT2D eigenvalue weighted by Gasteiger charge is -2.44. The predicted octanol–water partition coefficient (Wildman–Crippen LogP) is 3.06. The molecule has 0 radical (unpaired) electrons. The van der Waals surface area contributed by atoms with Gasteiger partial charge in [-0.25, -0.2) is 0 Å². The number of hydrogen-bond acceptors (Lipinski definition) is 5.